The van der Waals surface area contributed by atoms with Gasteiger partial charge in [0.25, 0.3) is 0 Å². The van der Waals surface area contributed by atoms with Gasteiger partial charge in [-0.3, -0.25) is 0 Å². The molecule has 0 bridgehead atoms. The van der Waals surface area contributed by atoms with Gasteiger partial charge >= 0.3 is 97.4 Å². The molecule has 0 aromatic rings. The fourth-order valence-electron chi connectivity index (χ4n) is 0.443. The second-order valence-corrected chi connectivity index (χ2v) is 8.75. The van der Waals surface area contributed by atoms with Gasteiger partial charge in [-0.15, -0.1) is 0 Å². The van der Waals surface area contributed by atoms with Crippen LogP contribution in [0.1, 0.15) is 55.4 Å². The van der Waals surface area contributed by atoms with Crippen molar-refractivity contribution >= 4 is 29.5 Å². The molecule has 0 saturated heterocycles. The van der Waals surface area contributed by atoms with Gasteiger partial charge in [-0.05, 0) is 27.7 Å². The van der Waals surface area contributed by atoms with Gasteiger partial charge in [0.15, 0.2) is 0 Å². The average molecular weight is 438 g/mol. The van der Waals surface area contributed by atoms with Gasteiger partial charge in [0, 0.05) is 0 Å². The summed E-state index contributed by atoms with van der Waals surface area (Å²) >= 11 is -1.29. The van der Waals surface area contributed by atoms with Crippen LogP contribution in [-0.2, 0) is 77.8 Å². The van der Waals surface area contributed by atoms with Crippen LogP contribution in [0, 0.1) is 0 Å². The Morgan fingerprint density at radius 1 is 0.400 bits per heavy atom. The van der Waals surface area contributed by atoms with Gasteiger partial charge < -0.3 is 26.0 Å². The third kappa shape index (κ3) is 205. The van der Waals surface area contributed by atoms with Crippen molar-refractivity contribution in [3.05, 3.63) is 0 Å². The second kappa shape index (κ2) is 30.9. The Kier molecular flexibility index (Phi) is 54.3. The molecule has 0 fully saturated rings. The summed E-state index contributed by atoms with van der Waals surface area (Å²) in [7, 11) is 0. The summed E-state index contributed by atoms with van der Waals surface area (Å²) in [6.07, 6.45) is 0. The summed E-state index contributed by atoms with van der Waals surface area (Å²) in [5, 5.41) is 0. The van der Waals surface area contributed by atoms with Crippen molar-refractivity contribution in [2.24, 2.45) is 0 Å². The Bertz CT molecular complexity index is 337. The van der Waals surface area contributed by atoms with Crippen LogP contribution in [0.3, 0.4) is 0 Å². The zero-order valence-electron chi connectivity index (χ0n) is 15.6. The van der Waals surface area contributed by atoms with Crippen LogP contribution < -0.4 is 0 Å². The van der Waals surface area contributed by atoms with E-state index in [1.807, 2.05) is 0 Å². The average Bonchev–Trinajstić information content (AvgIpc) is 2.10. The molecule has 0 aliphatic rings. The third-order valence-corrected chi connectivity index (χ3v) is 2.60. The van der Waals surface area contributed by atoms with Crippen LogP contribution in [0.25, 0.3) is 0 Å². The molecule has 9 nitrogen and oxygen atoms in total. The van der Waals surface area contributed by atoms with Crippen molar-refractivity contribution in [3.63, 3.8) is 0 Å². The van der Waals surface area contributed by atoms with Crippen LogP contribution in [0.4, 0.5) is 0 Å². The molecule has 0 aromatic heterocycles. The van der Waals surface area contributed by atoms with E-state index in [-0.39, 0.29) is 46.0 Å². The molecular formula is C14H24O9V2. The Hall–Kier alpha value is -0.931. The molecule has 0 saturated carbocycles. The zero-order chi connectivity index (χ0) is 18.9. The van der Waals surface area contributed by atoms with E-state index in [0.717, 1.165) is 0 Å². The summed E-state index contributed by atoms with van der Waals surface area (Å²) in [4.78, 5) is 59.2. The molecule has 144 valence electrons. The maximum atomic E-state index is 10.1. The Balaban J connectivity index is -0.0000000343. The first-order valence-electron chi connectivity index (χ1n) is 6.12. The number of ketones is 2. The van der Waals surface area contributed by atoms with Crippen LogP contribution in [0.15, 0.2) is 0 Å². The maximum absolute atomic E-state index is 10.1. The summed E-state index contributed by atoms with van der Waals surface area (Å²) in [6, 6.07) is 0. The van der Waals surface area contributed by atoms with E-state index < -0.39 is 32.6 Å². The third-order valence-electron chi connectivity index (χ3n) is 0.630. The summed E-state index contributed by atoms with van der Waals surface area (Å²) in [5.41, 5.74) is 0. The summed E-state index contributed by atoms with van der Waals surface area (Å²) in [5.74, 6) is 0.333. The number of carbonyl (C=O) groups is 6. The number of hydrogen-bond donors (Lipinski definition) is 0. The molecule has 25 heavy (non-hydrogen) atoms. The predicted molar refractivity (Wildman–Crippen MR) is 77.5 cm³/mol. The van der Waals surface area contributed by atoms with Crippen molar-refractivity contribution in [2.75, 3.05) is 0 Å². The molecule has 0 aliphatic heterocycles. The van der Waals surface area contributed by atoms with Gasteiger partial charge in [-0.25, -0.2) is 0 Å². The topological polar surface area (TPSA) is 188 Å². The fraction of sp³-hybridized carbons (Fsp3) is 0.571. The molecule has 11 heteroatoms. The van der Waals surface area contributed by atoms with Crippen molar-refractivity contribution in [1.29, 1.82) is 0 Å². The van der Waals surface area contributed by atoms with E-state index >= 15 is 0 Å². The van der Waals surface area contributed by atoms with Crippen LogP contribution >= 0.6 is 0 Å². The first-order valence-corrected chi connectivity index (χ1v) is 8.91. The molecular weight excluding hydrogens is 414 g/mol. The van der Waals surface area contributed by atoms with E-state index in [2.05, 4.69) is 0 Å². The number of rotatable bonds is 4. The van der Waals surface area contributed by atoms with E-state index in [1.165, 1.54) is 55.4 Å². The van der Waals surface area contributed by atoms with Crippen molar-refractivity contribution in [2.45, 2.75) is 55.4 Å². The molecule has 0 atom stereocenters. The molecule has 0 aliphatic carbocycles. The van der Waals surface area contributed by atoms with Gasteiger partial charge in [-0.1, -0.05) is 0 Å². The molecule has 0 amide bonds. The van der Waals surface area contributed by atoms with Gasteiger partial charge in [0.1, 0.15) is 11.6 Å². The molecule has 0 unspecified atom stereocenters. The number of Topliss-reactive ketones (excluding diaryl/α,β-unsaturated/α-hetero) is 2. The van der Waals surface area contributed by atoms with E-state index in [0.29, 0.717) is 0 Å². The van der Waals surface area contributed by atoms with Crippen molar-refractivity contribution in [3.8, 4) is 0 Å². The summed E-state index contributed by atoms with van der Waals surface area (Å²) in [6.45, 7) is 11.9. The molecule has 0 rings (SSSR count). The number of carbonyl (C=O) groups excluding carboxylic acids is 6. The molecule has 0 heterocycles. The predicted octanol–water partition coefficient (Wildman–Crippen LogP) is 1.16. The zero-order valence-corrected chi connectivity index (χ0v) is 18.4. The molecule has 0 aromatic carbocycles. The van der Waals surface area contributed by atoms with Crippen LogP contribution in [-0.4, -0.2) is 29.5 Å². The minimum Gasteiger partial charge on any atom is -2.00 e. The Labute approximate surface area is 162 Å². The van der Waals surface area contributed by atoms with Gasteiger partial charge in [-0.2, -0.15) is 0 Å². The molecule has 0 radical (unpaired) electrons. The first-order chi connectivity index (χ1) is 9.72. The van der Waals surface area contributed by atoms with Gasteiger partial charge in [0.05, 0.1) is 0 Å². The first kappa shape index (κ1) is 44.0. The fourth-order valence-corrected chi connectivity index (χ4v) is 1.83. The quantitative estimate of drug-likeness (QED) is 0.633. The van der Waals surface area contributed by atoms with E-state index in [1.54, 1.807) is 0 Å². The Morgan fingerprint density at radius 2 is 0.480 bits per heavy atom. The SMILES string of the molecule is CC(C)=O.CC(C)=O.C[C](=O)[V+3][C](C)=O.C[C](=O)[V+3][C](C)=O.[O-2].[O-2].[O-2]. The van der Waals surface area contributed by atoms with E-state index in [4.69, 9.17) is 0 Å². The summed E-state index contributed by atoms with van der Waals surface area (Å²) < 4.78 is 0.125. The number of hydrogen-bond acceptors (Lipinski definition) is 6. The van der Waals surface area contributed by atoms with Crippen LogP contribution in [0.5, 0.6) is 0 Å². The van der Waals surface area contributed by atoms with Crippen LogP contribution in [0.2, 0.25) is 0 Å². The minimum absolute atomic E-state index is 0. The normalized spacial score (nSPS) is 6.08. The van der Waals surface area contributed by atoms with Gasteiger partial charge in [0.2, 0.25) is 0 Å². The van der Waals surface area contributed by atoms with E-state index in [9.17, 15) is 28.8 Å². The minimum atomic E-state index is -0.646. The monoisotopic (exact) mass is 438 g/mol. The second-order valence-electron chi connectivity index (χ2n) is 4.12. The Morgan fingerprint density at radius 3 is 0.480 bits per heavy atom. The standard InChI is InChI=1S/2C3H6O.4C2H3O.3O.2V/c2*1-3(2)4;4*1-2-3;;;;;/h2*1-2H3;4*1H3;;;;;/q;;;;;;3*-2;2*+3. The maximum Gasteiger partial charge on any atom is -2.00 e. The molecule has 0 N–H and O–H groups in total. The largest absolute Gasteiger partial charge is 2.00 e. The van der Waals surface area contributed by atoms with Crippen molar-refractivity contribution < 1.29 is 77.8 Å². The smallest absolute Gasteiger partial charge is 2.00 e. The molecule has 0 spiro atoms. The van der Waals surface area contributed by atoms with Crippen molar-refractivity contribution in [1.82, 2.24) is 0 Å².